The third kappa shape index (κ3) is 2.20. The van der Waals surface area contributed by atoms with Gasteiger partial charge in [0.2, 0.25) is 0 Å². The Bertz CT molecular complexity index is 306. The molecule has 90 valence electrons. The van der Waals surface area contributed by atoms with Crippen molar-refractivity contribution in [1.82, 2.24) is 5.06 Å². The summed E-state index contributed by atoms with van der Waals surface area (Å²) in [5.74, 6) is -2.21. The van der Waals surface area contributed by atoms with Gasteiger partial charge >= 0.3 is 5.97 Å². The average molecular weight is 231 g/mol. The van der Waals surface area contributed by atoms with Crippen molar-refractivity contribution in [2.24, 2.45) is 5.41 Å². The van der Waals surface area contributed by atoms with Crippen LogP contribution in [0.1, 0.15) is 19.8 Å². The fourth-order valence-electron chi connectivity index (χ4n) is 1.03. The summed E-state index contributed by atoms with van der Waals surface area (Å²) in [5, 5.41) is 18.2. The molecule has 0 aromatic heterocycles. The smallest absolute Gasteiger partial charge is 0.343 e. The Morgan fingerprint density at radius 1 is 1.31 bits per heavy atom. The minimum absolute atomic E-state index is 0.00107. The molecule has 7 heteroatoms. The SMILES string of the molecule is CC(CO)(CO)C(=O)ON1C(=O)CCC1=O. The van der Waals surface area contributed by atoms with Crippen LogP contribution in [0.3, 0.4) is 0 Å². The average Bonchev–Trinajstić information content (AvgIpc) is 2.59. The molecule has 1 fully saturated rings. The van der Waals surface area contributed by atoms with E-state index in [2.05, 4.69) is 4.84 Å². The van der Waals surface area contributed by atoms with Gasteiger partial charge in [0.1, 0.15) is 5.41 Å². The van der Waals surface area contributed by atoms with Gasteiger partial charge in [-0.2, -0.15) is 0 Å². The number of rotatable bonds is 4. The second kappa shape index (κ2) is 4.58. The van der Waals surface area contributed by atoms with E-state index in [1.54, 1.807) is 0 Å². The van der Waals surface area contributed by atoms with Crippen LogP contribution in [0.15, 0.2) is 0 Å². The molecule has 1 rings (SSSR count). The van der Waals surface area contributed by atoms with E-state index in [0.29, 0.717) is 5.06 Å². The number of hydrogen-bond donors (Lipinski definition) is 2. The maximum absolute atomic E-state index is 11.5. The van der Waals surface area contributed by atoms with Crippen molar-refractivity contribution < 1.29 is 29.4 Å². The summed E-state index contributed by atoms with van der Waals surface area (Å²) in [5.41, 5.74) is -1.52. The van der Waals surface area contributed by atoms with Gasteiger partial charge in [-0.25, -0.2) is 4.79 Å². The predicted molar refractivity (Wildman–Crippen MR) is 49.5 cm³/mol. The van der Waals surface area contributed by atoms with Crippen LogP contribution in [0.2, 0.25) is 0 Å². The molecule has 0 spiro atoms. The number of nitrogens with zero attached hydrogens (tertiary/aromatic N) is 1. The highest BCUT2D eigenvalue weighted by Gasteiger charge is 2.40. The number of imide groups is 1. The predicted octanol–water partition coefficient (Wildman–Crippen LogP) is -1.42. The largest absolute Gasteiger partial charge is 0.395 e. The first-order valence-electron chi connectivity index (χ1n) is 4.74. The van der Waals surface area contributed by atoms with Crippen LogP contribution in [0.25, 0.3) is 0 Å². The summed E-state index contributed by atoms with van der Waals surface area (Å²) in [7, 11) is 0. The van der Waals surface area contributed by atoms with Crippen LogP contribution < -0.4 is 0 Å². The van der Waals surface area contributed by atoms with Crippen molar-refractivity contribution in [2.45, 2.75) is 19.8 Å². The van der Waals surface area contributed by atoms with Gasteiger partial charge in [0.15, 0.2) is 0 Å². The van der Waals surface area contributed by atoms with Crippen LogP contribution in [-0.4, -0.2) is 46.3 Å². The molecular weight excluding hydrogens is 218 g/mol. The molecule has 2 amide bonds. The molecule has 0 unspecified atom stereocenters. The van der Waals surface area contributed by atoms with E-state index in [1.807, 2.05) is 0 Å². The molecule has 1 aliphatic rings. The quantitative estimate of drug-likeness (QED) is 0.576. The van der Waals surface area contributed by atoms with Gasteiger partial charge in [-0.3, -0.25) is 9.59 Å². The number of aliphatic hydroxyl groups is 2. The molecule has 0 aliphatic carbocycles. The Kier molecular flexibility index (Phi) is 3.61. The summed E-state index contributed by atoms with van der Waals surface area (Å²) in [6, 6.07) is 0. The molecule has 0 atom stereocenters. The molecule has 0 aromatic rings. The van der Waals surface area contributed by atoms with Crippen molar-refractivity contribution in [3.8, 4) is 0 Å². The van der Waals surface area contributed by atoms with Gasteiger partial charge in [-0.1, -0.05) is 0 Å². The lowest BCUT2D eigenvalue weighted by Gasteiger charge is -2.23. The molecule has 0 aromatic carbocycles. The second-order valence-corrected chi connectivity index (χ2v) is 3.84. The third-order valence-corrected chi connectivity index (χ3v) is 2.37. The van der Waals surface area contributed by atoms with Gasteiger partial charge in [0, 0.05) is 12.8 Å². The summed E-state index contributed by atoms with van der Waals surface area (Å²) < 4.78 is 0. The van der Waals surface area contributed by atoms with E-state index in [4.69, 9.17) is 10.2 Å². The summed E-state index contributed by atoms with van der Waals surface area (Å²) in [4.78, 5) is 38.3. The zero-order valence-corrected chi connectivity index (χ0v) is 8.80. The summed E-state index contributed by atoms with van der Waals surface area (Å²) in [6.45, 7) is -0.0164. The summed E-state index contributed by atoms with van der Waals surface area (Å²) >= 11 is 0. The first kappa shape index (κ1) is 12.6. The molecule has 2 N–H and O–H groups in total. The maximum atomic E-state index is 11.5. The fraction of sp³-hybridized carbons (Fsp3) is 0.667. The van der Waals surface area contributed by atoms with E-state index >= 15 is 0 Å². The van der Waals surface area contributed by atoms with E-state index in [0.717, 1.165) is 0 Å². The maximum Gasteiger partial charge on any atom is 0.343 e. The lowest BCUT2D eigenvalue weighted by Crippen LogP contribution is -2.42. The van der Waals surface area contributed by atoms with Crippen molar-refractivity contribution in [1.29, 1.82) is 0 Å². The Balaban J connectivity index is 2.70. The molecule has 0 radical (unpaired) electrons. The standard InChI is InChI=1S/C9H13NO6/c1-9(4-11,5-12)8(15)16-10-6(13)2-3-7(10)14/h11-12H,2-5H2,1H3. The van der Waals surface area contributed by atoms with Crippen molar-refractivity contribution in [3.63, 3.8) is 0 Å². The first-order chi connectivity index (χ1) is 7.44. The van der Waals surface area contributed by atoms with Crippen LogP contribution >= 0.6 is 0 Å². The van der Waals surface area contributed by atoms with Crippen LogP contribution in [0.5, 0.6) is 0 Å². The summed E-state index contributed by atoms with van der Waals surface area (Å²) in [6.07, 6.45) is 0.00214. The first-order valence-corrected chi connectivity index (χ1v) is 4.74. The second-order valence-electron chi connectivity index (χ2n) is 3.84. The zero-order valence-electron chi connectivity index (χ0n) is 8.80. The molecule has 16 heavy (non-hydrogen) atoms. The number of hydroxylamine groups is 2. The van der Waals surface area contributed by atoms with Gasteiger partial charge in [-0.05, 0) is 6.92 Å². The fourth-order valence-corrected chi connectivity index (χ4v) is 1.03. The molecule has 0 saturated carbocycles. The van der Waals surface area contributed by atoms with E-state index in [9.17, 15) is 14.4 Å². The molecule has 1 heterocycles. The normalized spacial score (nSPS) is 16.8. The minimum atomic E-state index is -1.52. The molecule has 1 aliphatic heterocycles. The highest BCUT2D eigenvalue weighted by Crippen LogP contribution is 2.20. The van der Waals surface area contributed by atoms with Crippen molar-refractivity contribution in [2.75, 3.05) is 13.2 Å². The Morgan fingerprint density at radius 2 is 1.75 bits per heavy atom. The van der Waals surface area contributed by atoms with Gasteiger partial charge in [0.05, 0.1) is 13.2 Å². The van der Waals surface area contributed by atoms with Crippen LogP contribution in [-0.2, 0) is 19.2 Å². The number of carbonyl (C=O) groups is 3. The highest BCUT2D eigenvalue weighted by atomic mass is 16.7. The van der Waals surface area contributed by atoms with Crippen LogP contribution in [0, 0.1) is 5.41 Å². The molecule has 7 nitrogen and oxygen atoms in total. The highest BCUT2D eigenvalue weighted by molar-refractivity contribution is 6.01. The number of hydrogen-bond acceptors (Lipinski definition) is 6. The van der Waals surface area contributed by atoms with E-state index < -0.39 is 36.4 Å². The lowest BCUT2D eigenvalue weighted by molar-refractivity contribution is -0.207. The van der Waals surface area contributed by atoms with Gasteiger partial charge in [-0.15, -0.1) is 5.06 Å². The van der Waals surface area contributed by atoms with Gasteiger partial charge < -0.3 is 15.1 Å². The van der Waals surface area contributed by atoms with Crippen molar-refractivity contribution >= 4 is 17.8 Å². The molecule has 0 bridgehead atoms. The Hall–Kier alpha value is -1.47. The Labute approximate surface area is 91.6 Å². The molecule has 1 saturated heterocycles. The van der Waals surface area contributed by atoms with Crippen molar-refractivity contribution in [3.05, 3.63) is 0 Å². The third-order valence-electron chi connectivity index (χ3n) is 2.37. The number of carbonyl (C=O) groups excluding carboxylic acids is 3. The van der Waals surface area contributed by atoms with E-state index in [1.165, 1.54) is 6.92 Å². The van der Waals surface area contributed by atoms with Crippen LogP contribution in [0.4, 0.5) is 0 Å². The van der Waals surface area contributed by atoms with E-state index in [-0.39, 0.29) is 12.8 Å². The molecular formula is C9H13NO6. The monoisotopic (exact) mass is 231 g/mol. The van der Waals surface area contributed by atoms with Gasteiger partial charge in [0.25, 0.3) is 11.8 Å². The minimum Gasteiger partial charge on any atom is -0.395 e. The zero-order chi connectivity index (χ0) is 12.3. The Morgan fingerprint density at radius 3 is 2.12 bits per heavy atom. The number of aliphatic hydroxyl groups excluding tert-OH is 2. The lowest BCUT2D eigenvalue weighted by atomic mass is 9.94. The topological polar surface area (TPSA) is 104 Å². The number of amides is 2.